The van der Waals surface area contributed by atoms with Crippen LogP contribution >= 0.6 is 0 Å². The van der Waals surface area contributed by atoms with Crippen molar-refractivity contribution in [2.24, 2.45) is 4.99 Å². The van der Waals surface area contributed by atoms with E-state index in [1.807, 2.05) is 11.8 Å². The number of nitrogens with one attached hydrogen (secondary N) is 2. The van der Waals surface area contributed by atoms with Crippen LogP contribution in [-0.2, 0) is 11.3 Å². The minimum Gasteiger partial charge on any atom is -0.357 e. The maximum atomic E-state index is 12.9. The summed E-state index contributed by atoms with van der Waals surface area (Å²) >= 11 is 0. The molecule has 2 rings (SSSR count). The van der Waals surface area contributed by atoms with E-state index in [9.17, 15) is 9.18 Å². The van der Waals surface area contributed by atoms with Crippen molar-refractivity contribution in [3.8, 4) is 0 Å². The van der Waals surface area contributed by atoms with E-state index in [1.54, 1.807) is 12.1 Å². The number of hydrogen-bond acceptors (Lipinski definition) is 2. The van der Waals surface area contributed by atoms with Gasteiger partial charge in [0.05, 0.1) is 6.54 Å². The third-order valence-corrected chi connectivity index (χ3v) is 3.75. The van der Waals surface area contributed by atoms with Crippen LogP contribution in [0.3, 0.4) is 0 Å². The van der Waals surface area contributed by atoms with Crippen molar-refractivity contribution >= 4 is 11.9 Å². The maximum absolute atomic E-state index is 12.9. The fourth-order valence-corrected chi connectivity index (χ4v) is 2.52. The number of nitrogens with zero attached hydrogens (tertiary/aromatic N) is 2. The number of amides is 1. The van der Waals surface area contributed by atoms with Crippen molar-refractivity contribution in [1.82, 2.24) is 15.5 Å². The number of hydrogen-bond donors (Lipinski definition) is 2. The lowest BCUT2D eigenvalue weighted by Gasteiger charge is -2.16. The van der Waals surface area contributed by atoms with Gasteiger partial charge in [-0.2, -0.15) is 0 Å². The number of guanidine groups is 1. The predicted octanol–water partition coefficient (Wildman–Crippen LogP) is 1.89. The smallest absolute Gasteiger partial charge is 0.222 e. The molecule has 1 aliphatic heterocycles. The first-order valence-corrected chi connectivity index (χ1v) is 8.23. The van der Waals surface area contributed by atoms with Gasteiger partial charge in [-0.25, -0.2) is 9.38 Å². The monoisotopic (exact) mass is 320 g/mol. The Labute approximate surface area is 137 Å². The Balaban J connectivity index is 1.75. The predicted molar refractivity (Wildman–Crippen MR) is 89.6 cm³/mol. The Morgan fingerprint density at radius 2 is 2.09 bits per heavy atom. The van der Waals surface area contributed by atoms with Gasteiger partial charge in [0.1, 0.15) is 5.82 Å². The molecule has 0 aliphatic carbocycles. The van der Waals surface area contributed by atoms with Crippen LogP contribution in [0.4, 0.5) is 4.39 Å². The average Bonchev–Trinajstić information content (AvgIpc) is 2.96. The number of likely N-dealkylation sites (tertiary alicyclic amines) is 1. The number of carbonyl (C=O) groups is 1. The number of carbonyl (C=O) groups excluding carboxylic acids is 1. The zero-order valence-corrected chi connectivity index (χ0v) is 13.6. The molecule has 0 radical (unpaired) electrons. The van der Waals surface area contributed by atoms with Crippen LogP contribution in [0.2, 0.25) is 0 Å². The van der Waals surface area contributed by atoms with Gasteiger partial charge in [0, 0.05) is 32.6 Å². The van der Waals surface area contributed by atoms with E-state index in [4.69, 9.17) is 0 Å². The number of halogens is 1. The standard InChI is InChI=1S/C17H25FN4O/c1-2-19-17(21-13-14-6-8-15(18)9-7-14)20-10-4-12-22-11-3-5-16(22)23/h6-9H,2-5,10-13H2,1H3,(H2,19,20,21). The summed E-state index contributed by atoms with van der Waals surface area (Å²) in [4.78, 5) is 17.9. The molecular formula is C17H25FN4O. The minimum absolute atomic E-state index is 0.237. The topological polar surface area (TPSA) is 56.7 Å². The SMILES string of the molecule is CCNC(=NCc1ccc(F)cc1)NCCCN1CCCC1=O. The molecule has 1 aromatic carbocycles. The zero-order valence-electron chi connectivity index (χ0n) is 13.6. The van der Waals surface area contributed by atoms with Gasteiger partial charge in [0.2, 0.25) is 5.91 Å². The summed E-state index contributed by atoms with van der Waals surface area (Å²) in [6.45, 7) is 5.73. The van der Waals surface area contributed by atoms with Crippen LogP contribution in [0.15, 0.2) is 29.3 Å². The first-order valence-electron chi connectivity index (χ1n) is 8.23. The lowest BCUT2D eigenvalue weighted by atomic mass is 10.2. The first kappa shape index (κ1) is 17.2. The van der Waals surface area contributed by atoms with Crippen molar-refractivity contribution in [2.45, 2.75) is 32.7 Å². The Morgan fingerprint density at radius 1 is 1.30 bits per heavy atom. The molecule has 0 aromatic heterocycles. The summed E-state index contributed by atoms with van der Waals surface area (Å²) in [6.07, 6.45) is 2.57. The number of benzene rings is 1. The highest BCUT2D eigenvalue weighted by Gasteiger charge is 2.18. The molecule has 5 nitrogen and oxygen atoms in total. The van der Waals surface area contributed by atoms with Gasteiger partial charge in [0.15, 0.2) is 5.96 Å². The highest BCUT2D eigenvalue weighted by molar-refractivity contribution is 5.79. The van der Waals surface area contributed by atoms with E-state index < -0.39 is 0 Å². The van der Waals surface area contributed by atoms with Gasteiger partial charge in [-0.05, 0) is 37.5 Å². The van der Waals surface area contributed by atoms with Gasteiger partial charge >= 0.3 is 0 Å². The second-order valence-electron chi connectivity index (χ2n) is 5.59. The Hall–Kier alpha value is -2.11. The summed E-state index contributed by atoms with van der Waals surface area (Å²) in [5.41, 5.74) is 0.964. The molecular weight excluding hydrogens is 295 g/mol. The van der Waals surface area contributed by atoms with Crippen molar-refractivity contribution < 1.29 is 9.18 Å². The summed E-state index contributed by atoms with van der Waals surface area (Å²) in [6, 6.07) is 6.36. The van der Waals surface area contributed by atoms with Gasteiger partial charge in [-0.3, -0.25) is 4.79 Å². The fourth-order valence-electron chi connectivity index (χ4n) is 2.52. The van der Waals surface area contributed by atoms with E-state index >= 15 is 0 Å². The third-order valence-electron chi connectivity index (χ3n) is 3.75. The molecule has 0 atom stereocenters. The van der Waals surface area contributed by atoms with E-state index in [0.29, 0.717) is 13.0 Å². The van der Waals surface area contributed by atoms with E-state index in [2.05, 4.69) is 15.6 Å². The molecule has 1 fully saturated rings. The van der Waals surface area contributed by atoms with Crippen LogP contribution < -0.4 is 10.6 Å². The van der Waals surface area contributed by atoms with Gasteiger partial charge in [-0.15, -0.1) is 0 Å². The third kappa shape index (κ3) is 5.88. The summed E-state index contributed by atoms with van der Waals surface area (Å²) < 4.78 is 12.9. The maximum Gasteiger partial charge on any atom is 0.222 e. The molecule has 1 amide bonds. The van der Waals surface area contributed by atoms with Crippen molar-refractivity contribution in [3.63, 3.8) is 0 Å². The highest BCUT2D eigenvalue weighted by Crippen LogP contribution is 2.09. The van der Waals surface area contributed by atoms with Crippen molar-refractivity contribution in [2.75, 3.05) is 26.2 Å². The molecule has 6 heteroatoms. The number of aliphatic imine (C=N–C) groups is 1. The normalized spacial score (nSPS) is 15.1. The molecule has 1 heterocycles. The zero-order chi connectivity index (χ0) is 16.5. The molecule has 0 bridgehead atoms. The second kappa shape index (κ2) is 9.12. The molecule has 0 spiro atoms. The molecule has 0 saturated carbocycles. The molecule has 1 aromatic rings. The molecule has 126 valence electrons. The van der Waals surface area contributed by atoms with Crippen LogP contribution in [0, 0.1) is 5.82 Å². The summed E-state index contributed by atoms with van der Waals surface area (Å²) in [5, 5.41) is 6.45. The highest BCUT2D eigenvalue weighted by atomic mass is 19.1. The minimum atomic E-state index is -0.237. The van der Waals surface area contributed by atoms with Crippen LogP contribution in [0.25, 0.3) is 0 Å². The molecule has 1 saturated heterocycles. The molecule has 0 unspecified atom stereocenters. The van der Waals surface area contributed by atoms with E-state index in [1.165, 1.54) is 12.1 Å². The lowest BCUT2D eigenvalue weighted by molar-refractivity contribution is -0.127. The molecule has 1 aliphatic rings. The first-order chi connectivity index (χ1) is 11.2. The van der Waals surface area contributed by atoms with Gasteiger partial charge in [0.25, 0.3) is 0 Å². The fraction of sp³-hybridized carbons (Fsp3) is 0.529. The molecule has 2 N–H and O–H groups in total. The number of rotatable bonds is 7. The van der Waals surface area contributed by atoms with Gasteiger partial charge < -0.3 is 15.5 Å². The van der Waals surface area contributed by atoms with E-state index in [-0.39, 0.29) is 11.7 Å². The van der Waals surface area contributed by atoms with Crippen LogP contribution in [-0.4, -0.2) is 42.9 Å². The van der Waals surface area contributed by atoms with Crippen LogP contribution in [0.1, 0.15) is 31.7 Å². The Bertz CT molecular complexity index is 530. The lowest BCUT2D eigenvalue weighted by Crippen LogP contribution is -2.39. The van der Waals surface area contributed by atoms with Crippen molar-refractivity contribution in [3.05, 3.63) is 35.6 Å². The average molecular weight is 320 g/mol. The molecule has 23 heavy (non-hydrogen) atoms. The summed E-state index contributed by atoms with van der Waals surface area (Å²) in [7, 11) is 0. The Kier molecular flexibility index (Phi) is 6.84. The largest absolute Gasteiger partial charge is 0.357 e. The second-order valence-corrected chi connectivity index (χ2v) is 5.59. The summed E-state index contributed by atoms with van der Waals surface area (Å²) in [5.74, 6) is 0.769. The Morgan fingerprint density at radius 3 is 2.74 bits per heavy atom. The van der Waals surface area contributed by atoms with Gasteiger partial charge in [-0.1, -0.05) is 12.1 Å². The van der Waals surface area contributed by atoms with Crippen LogP contribution in [0.5, 0.6) is 0 Å². The van der Waals surface area contributed by atoms with Crippen molar-refractivity contribution in [1.29, 1.82) is 0 Å². The quantitative estimate of drug-likeness (QED) is 0.458. The van der Waals surface area contributed by atoms with E-state index in [0.717, 1.165) is 50.5 Å².